The molecule has 1 atom stereocenters. The van der Waals surface area contributed by atoms with Crippen molar-refractivity contribution in [2.75, 3.05) is 14.2 Å². The predicted octanol–water partition coefficient (Wildman–Crippen LogP) is 4.37. The molecular weight excluding hydrogens is 289 g/mol. The van der Waals surface area contributed by atoms with Crippen LogP contribution in [0.4, 0.5) is 0 Å². The summed E-state index contributed by atoms with van der Waals surface area (Å²) in [5, 5.41) is 6.63. The van der Waals surface area contributed by atoms with Crippen LogP contribution in [0.15, 0.2) is 29.6 Å². The van der Waals surface area contributed by atoms with Crippen molar-refractivity contribution in [3.05, 3.63) is 50.1 Å². The molecule has 18 heavy (non-hydrogen) atoms. The first-order valence-electron chi connectivity index (χ1n) is 5.41. The SMILES string of the molecule is CNC(c1ccc(OC)cc1Cl)c1sccc1Cl. The summed E-state index contributed by atoms with van der Waals surface area (Å²) in [5.41, 5.74) is 0.990. The van der Waals surface area contributed by atoms with E-state index in [2.05, 4.69) is 5.32 Å². The topological polar surface area (TPSA) is 21.3 Å². The van der Waals surface area contributed by atoms with E-state index < -0.39 is 0 Å². The first-order valence-corrected chi connectivity index (χ1v) is 7.04. The Morgan fingerprint density at radius 2 is 2.00 bits per heavy atom. The van der Waals surface area contributed by atoms with Gasteiger partial charge in [0.1, 0.15) is 5.75 Å². The van der Waals surface area contributed by atoms with Gasteiger partial charge in [-0.3, -0.25) is 0 Å². The molecule has 1 aromatic heterocycles. The van der Waals surface area contributed by atoms with Crippen LogP contribution in [0.25, 0.3) is 0 Å². The zero-order valence-corrected chi connectivity index (χ0v) is 12.4. The molecule has 2 aromatic rings. The van der Waals surface area contributed by atoms with Crippen molar-refractivity contribution in [2.45, 2.75) is 6.04 Å². The van der Waals surface area contributed by atoms with E-state index in [1.807, 2.05) is 36.7 Å². The van der Waals surface area contributed by atoms with Crippen molar-refractivity contribution in [3.8, 4) is 5.75 Å². The molecule has 1 aromatic carbocycles. The summed E-state index contributed by atoms with van der Waals surface area (Å²) in [5.74, 6) is 0.746. The molecule has 1 N–H and O–H groups in total. The first kappa shape index (κ1) is 13.7. The van der Waals surface area contributed by atoms with Crippen LogP contribution in [0.2, 0.25) is 10.0 Å². The summed E-state index contributed by atoms with van der Waals surface area (Å²) in [6.07, 6.45) is 0. The van der Waals surface area contributed by atoms with E-state index in [9.17, 15) is 0 Å². The second-order valence-corrected chi connectivity index (χ2v) is 5.50. The van der Waals surface area contributed by atoms with E-state index in [1.165, 1.54) is 0 Å². The van der Waals surface area contributed by atoms with Crippen LogP contribution >= 0.6 is 34.5 Å². The van der Waals surface area contributed by atoms with E-state index in [-0.39, 0.29) is 6.04 Å². The second-order valence-electron chi connectivity index (χ2n) is 3.74. The maximum Gasteiger partial charge on any atom is 0.120 e. The number of rotatable bonds is 4. The number of benzene rings is 1. The minimum Gasteiger partial charge on any atom is -0.497 e. The summed E-state index contributed by atoms with van der Waals surface area (Å²) in [6, 6.07) is 7.55. The summed E-state index contributed by atoms with van der Waals surface area (Å²) >= 11 is 14.1. The fourth-order valence-electron chi connectivity index (χ4n) is 1.81. The van der Waals surface area contributed by atoms with Gasteiger partial charge in [-0.1, -0.05) is 29.3 Å². The number of thiophene rings is 1. The summed E-state index contributed by atoms with van der Waals surface area (Å²) in [6.45, 7) is 0. The van der Waals surface area contributed by atoms with Gasteiger partial charge in [-0.15, -0.1) is 11.3 Å². The van der Waals surface area contributed by atoms with Gasteiger partial charge in [-0.2, -0.15) is 0 Å². The predicted molar refractivity (Wildman–Crippen MR) is 78.2 cm³/mol. The van der Waals surface area contributed by atoms with E-state index in [0.29, 0.717) is 5.02 Å². The molecule has 5 heteroatoms. The van der Waals surface area contributed by atoms with Crippen LogP contribution in [-0.4, -0.2) is 14.2 Å². The summed E-state index contributed by atoms with van der Waals surface area (Å²) in [7, 11) is 3.51. The Morgan fingerprint density at radius 3 is 2.50 bits per heavy atom. The molecular formula is C13H13Cl2NOS. The minimum absolute atomic E-state index is 0.00379. The van der Waals surface area contributed by atoms with E-state index in [4.69, 9.17) is 27.9 Å². The fraction of sp³-hybridized carbons (Fsp3) is 0.231. The molecule has 0 amide bonds. The van der Waals surface area contributed by atoms with Crippen LogP contribution in [0.3, 0.4) is 0 Å². The average Bonchev–Trinajstić information content (AvgIpc) is 2.78. The lowest BCUT2D eigenvalue weighted by Gasteiger charge is -2.17. The molecule has 0 aliphatic rings. The summed E-state index contributed by atoms with van der Waals surface area (Å²) < 4.78 is 5.15. The number of hydrogen-bond donors (Lipinski definition) is 1. The van der Waals surface area contributed by atoms with E-state index >= 15 is 0 Å². The molecule has 2 rings (SSSR count). The minimum atomic E-state index is -0.00379. The number of methoxy groups -OCH3 is 1. The Balaban J connectivity index is 2.42. The van der Waals surface area contributed by atoms with Gasteiger partial charge in [-0.25, -0.2) is 0 Å². The number of nitrogens with one attached hydrogen (secondary N) is 1. The first-order chi connectivity index (χ1) is 8.67. The van der Waals surface area contributed by atoms with Crippen molar-refractivity contribution in [3.63, 3.8) is 0 Å². The van der Waals surface area contributed by atoms with E-state index in [1.54, 1.807) is 18.4 Å². The van der Waals surface area contributed by atoms with Gasteiger partial charge in [0, 0.05) is 9.90 Å². The molecule has 0 bridgehead atoms. The van der Waals surface area contributed by atoms with Crippen LogP contribution in [-0.2, 0) is 0 Å². The molecule has 0 saturated carbocycles. The van der Waals surface area contributed by atoms with Gasteiger partial charge >= 0.3 is 0 Å². The number of ether oxygens (including phenoxy) is 1. The number of hydrogen-bond acceptors (Lipinski definition) is 3. The van der Waals surface area contributed by atoms with Gasteiger partial charge in [0.25, 0.3) is 0 Å². The molecule has 0 spiro atoms. The third-order valence-electron chi connectivity index (χ3n) is 2.71. The van der Waals surface area contributed by atoms with Crippen LogP contribution in [0, 0.1) is 0 Å². The van der Waals surface area contributed by atoms with Crippen LogP contribution in [0.1, 0.15) is 16.5 Å². The summed E-state index contributed by atoms with van der Waals surface area (Å²) in [4.78, 5) is 1.06. The van der Waals surface area contributed by atoms with Gasteiger partial charge in [0.05, 0.1) is 18.2 Å². The molecule has 0 saturated heterocycles. The largest absolute Gasteiger partial charge is 0.497 e. The highest BCUT2D eigenvalue weighted by Gasteiger charge is 2.19. The highest BCUT2D eigenvalue weighted by atomic mass is 35.5. The molecule has 1 unspecified atom stereocenters. The highest BCUT2D eigenvalue weighted by molar-refractivity contribution is 7.10. The monoisotopic (exact) mass is 301 g/mol. The quantitative estimate of drug-likeness (QED) is 0.905. The molecule has 1 heterocycles. The van der Waals surface area contributed by atoms with Crippen LogP contribution in [0.5, 0.6) is 5.75 Å². The number of halogens is 2. The van der Waals surface area contributed by atoms with Crippen molar-refractivity contribution >= 4 is 34.5 Å². The second kappa shape index (κ2) is 5.93. The van der Waals surface area contributed by atoms with Gasteiger partial charge in [0.15, 0.2) is 0 Å². The third-order valence-corrected chi connectivity index (χ3v) is 4.46. The molecule has 0 aliphatic carbocycles. The van der Waals surface area contributed by atoms with Crippen molar-refractivity contribution in [2.24, 2.45) is 0 Å². The Labute approximate surface area is 120 Å². The lowest BCUT2D eigenvalue weighted by Crippen LogP contribution is -2.17. The van der Waals surface area contributed by atoms with Crippen LogP contribution < -0.4 is 10.1 Å². The average molecular weight is 302 g/mol. The maximum absolute atomic E-state index is 6.29. The highest BCUT2D eigenvalue weighted by Crippen LogP contribution is 2.36. The van der Waals surface area contributed by atoms with Gasteiger partial charge in [-0.05, 0) is 36.2 Å². The molecule has 0 radical (unpaired) electrons. The normalized spacial score (nSPS) is 12.4. The fourth-order valence-corrected chi connectivity index (χ4v) is 3.38. The zero-order chi connectivity index (χ0) is 13.1. The third kappa shape index (κ3) is 2.64. The van der Waals surface area contributed by atoms with Gasteiger partial charge in [0.2, 0.25) is 0 Å². The molecule has 0 aliphatic heterocycles. The Hall–Kier alpha value is -0.740. The van der Waals surface area contributed by atoms with Crippen molar-refractivity contribution in [1.29, 1.82) is 0 Å². The van der Waals surface area contributed by atoms with E-state index in [0.717, 1.165) is 21.2 Å². The maximum atomic E-state index is 6.29. The van der Waals surface area contributed by atoms with Gasteiger partial charge < -0.3 is 10.1 Å². The van der Waals surface area contributed by atoms with Crippen molar-refractivity contribution < 1.29 is 4.74 Å². The molecule has 0 fully saturated rings. The standard InChI is InChI=1S/C13H13Cl2NOS/c1-16-12(13-10(14)5-6-18-13)9-4-3-8(17-2)7-11(9)15/h3-7,12,16H,1-2H3. The Kier molecular flexibility index (Phi) is 4.51. The van der Waals surface area contributed by atoms with Crippen molar-refractivity contribution in [1.82, 2.24) is 5.32 Å². The molecule has 96 valence electrons. The molecule has 2 nitrogen and oxygen atoms in total. The Morgan fingerprint density at radius 1 is 1.22 bits per heavy atom. The smallest absolute Gasteiger partial charge is 0.120 e. The lowest BCUT2D eigenvalue weighted by molar-refractivity contribution is 0.414. The Bertz CT molecular complexity index is 542. The zero-order valence-electron chi connectivity index (χ0n) is 10.0. The lowest BCUT2D eigenvalue weighted by atomic mass is 10.1.